The van der Waals surface area contributed by atoms with Crippen molar-refractivity contribution in [2.45, 2.75) is 18.8 Å². The normalized spacial score (nSPS) is 15.4. The number of hydrogen-bond donors (Lipinski definition) is 4. The Morgan fingerprint density at radius 3 is 2.67 bits per heavy atom. The van der Waals surface area contributed by atoms with Gasteiger partial charge in [0.25, 0.3) is 0 Å². The minimum absolute atomic E-state index is 0.174. The number of hydrogen-bond acceptors (Lipinski definition) is 5. The van der Waals surface area contributed by atoms with Gasteiger partial charge in [-0.15, -0.1) is 10.2 Å². The van der Waals surface area contributed by atoms with E-state index in [2.05, 4.69) is 36.9 Å². The van der Waals surface area contributed by atoms with Gasteiger partial charge >= 0.3 is 0 Å². The summed E-state index contributed by atoms with van der Waals surface area (Å²) in [4.78, 5) is 3.33. The van der Waals surface area contributed by atoms with E-state index in [1.165, 1.54) is 5.56 Å². The molecule has 5 rings (SSSR count). The Morgan fingerprint density at radius 2 is 1.89 bits per heavy atom. The highest BCUT2D eigenvalue weighted by Crippen LogP contribution is 2.35. The summed E-state index contributed by atoms with van der Waals surface area (Å²) in [5.41, 5.74) is 6.26. The third-order valence-corrected chi connectivity index (χ3v) is 5.33. The highest BCUT2D eigenvalue weighted by atomic mass is 16.3. The predicted octanol–water partition coefficient (Wildman–Crippen LogP) is 3.19. The largest absolute Gasteiger partial charge is 0.507 e. The van der Waals surface area contributed by atoms with Crippen molar-refractivity contribution in [3.63, 3.8) is 0 Å². The van der Waals surface area contributed by atoms with E-state index in [1.54, 1.807) is 18.5 Å². The molecule has 1 saturated heterocycles. The Kier molecular flexibility index (Phi) is 3.86. The molecular weight excluding hydrogens is 340 g/mol. The zero-order valence-electron chi connectivity index (χ0n) is 14.7. The molecule has 0 bridgehead atoms. The van der Waals surface area contributed by atoms with E-state index in [-0.39, 0.29) is 5.75 Å². The van der Waals surface area contributed by atoms with Gasteiger partial charge in [-0.05, 0) is 55.6 Å². The number of H-pyrrole nitrogens is 2. The molecule has 7 heteroatoms. The van der Waals surface area contributed by atoms with Crippen LogP contribution in [0.4, 0.5) is 0 Å². The van der Waals surface area contributed by atoms with Crippen molar-refractivity contribution in [2.24, 2.45) is 0 Å². The molecule has 1 aliphatic rings. The van der Waals surface area contributed by atoms with Crippen LogP contribution in [0.15, 0.2) is 42.9 Å². The minimum atomic E-state index is 0.174. The molecular formula is C20H20N6O. The summed E-state index contributed by atoms with van der Waals surface area (Å²) in [5.74, 6) is 0.690. The van der Waals surface area contributed by atoms with E-state index in [0.29, 0.717) is 17.2 Å². The van der Waals surface area contributed by atoms with Crippen LogP contribution in [0.3, 0.4) is 0 Å². The molecule has 0 spiro atoms. The summed E-state index contributed by atoms with van der Waals surface area (Å²) in [7, 11) is 0. The number of aromatic amines is 2. The van der Waals surface area contributed by atoms with Crippen molar-refractivity contribution in [1.82, 2.24) is 30.7 Å². The summed E-state index contributed by atoms with van der Waals surface area (Å²) in [6, 6.07) is 7.49. The molecule has 0 aliphatic carbocycles. The van der Waals surface area contributed by atoms with Gasteiger partial charge in [0.05, 0.1) is 17.4 Å². The first-order valence-electron chi connectivity index (χ1n) is 9.17. The molecule has 0 unspecified atom stereocenters. The molecule has 7 nitrogen and oxygen atoms in total. The number of fused-ring (bicyclic) bond motifs is 1. The Labute approximate surface area is 155 Å². The lowest BCUT2D eigenvalue weighted by Gasteiger charge is -2.21. The number of rotatable bonds is 3. The second kappa shape index (κ2) is 6.51. The smallest absolute Gasteiger partial charge is 0.125 e. The van der Waals surface area contributed by atoms with Crippen LogP contribution in [0.1, 0.15) is 24.3 Å². The zero-order chi connectivity index (χ0) is 18.2. The van der Waals surface area contributed by atoms with Gasteiger partial charge in [-0.1, -0.05) is 6.07 Å². The fourth-order valence-corrected chi connectivity index (χ4v) is 3.85. The molecule has 0 radical (unpaired) electrons. The van der Waals surface area contributed by atoms with Crippen LogP contribution in [-0.4, -0.2) is 43.6 Å². The second-order valence-corrected chi connectivity index (χ2v) is 6.98. The second-order valence-electron chi connectivity index (χ2n) is 6.98. The molecule has 4 aromatic rings. The Balaban J connectivity index is 1.50. The molecule has 0 saturated carbocycles. The van der Waals surface area contributed by atoms with Crippen molar-refractivity contribution in [3.05, 3.63) is 48.4 Å². The van der Waals surface area contributed by atoms with Gasteiger partial charge in [-0.2, -0.15) is 5.10 Å². The standard InChI is InChI=1S/C20H20N6O/c27-19-7-13(14-9-23-24-10-14)1-2-15(19)17-8-18-20(26-25-17)16(11-22-18)12-3-5-21-6-4-12/h1-2,7-12,21-22,27H,3-6H2,(H,23,24). The average Bonchev–Trinajstić information content (AvgIpc) is 3.38. The quantitative estimate of drug-likeness (QED) is 0.449. The number of phenols is 1. The first-order valence-corrected chi connectivity index (χ1v) is 9.17. The van der Waals surface area contributed by atoms with E-state index in [1.807, 2.05) is 18.2 Å². The van der Waals surface area contributed by atoms with Crippen LogP contribution in [-0.2, 0) is 0 Å². The lowest BCUT2D eigenvalue weighted by molar-refractivity contribution is 0.462. The van der Waals surface area contributed by atoms with E-state index >= 15 is 0 Å². The van der Waals surface area contributed by atoms with Gasteiger partial charge < -0.3 is 15.4 Å². The molecule has 4 heterocycles. The van der Waals surface area contributed by atoms with E-state index < -0.39 is 0 Å². The molecule has 0 amide bonds. The van der Waals surface area contributed by atoms with Gasteiger partial charge in [0.2, 0.25) is 0 Å². The highest BCUT2D eigenvalue weighted by molar-refractivity contribution is 5.84. The van der Waals surface area contributed by atoms with E-state index in [0.717, 1.165) is 48.1 Å². The SMILES string of the molecule is Oc1cc(-c2cn[nH]c2)ccc1-c1cc2[nH]cc(C3CCNCC3)c2nn1. The maximum Gasteiger partial charge on any atom is 0.125 e. The number of aromatic hydroxyl groups is 1. The van der Waals surface area contributed by atoms with Crippen molar-refractivity contribution in [2.75, 3.05) is 13.1 Å². The van der Waals surface area contributed by atoms with E-state index in [4.69, 9.17) is 0 Å². The molecule has 1 aliphatic heterocycles. The van der Waals surface area contributed by atoms with Crippen LogP contribution in [0, 0.1) is 0 Å². The lowest BCUT2D eigenvalue weighted by Crippen LogP contribution is -2.26. The van der Waals surface area contributed by atoms with Crippen molar-refractivity contribution >= 4 is 11.0 Å². The maximum absolute atomic E-state index is 10.5. The number of nitrogens with one attached hydrogen (secondary N) is 3. The summed E-state index contributed by atoms with van der Waals surface area (Å²) in [6.45, 7) is 2.08. The van der Waals surface area contributed by atoms with Gasteiger partial charge in [0.15, 0.2) is 0 Å². The minimum Gasteiger partial charge on any atom is -0.507 e. The summed E-state index contributed by atoms with van der Waals surface area (Å²) < 4.78 is 0. The monoisotopic (exact) mass is 360 g/mol. The summed E-state index contributed by atoms with van der Waals surface area (Å²) >= 11 is 0. The number of phenolic OH excluding ortho intramolecular Hbond substituents is 1. The molecule has 1 fully saturated rings. The van der Waals surface area contributed by atoms with Gasteiger partial charge in [0, 0.05) is 29.1 Å². The average molecular weight is 360 g/mol. The number of piperidine rings is 1. The Bertz CT molecular complexity index is 1080. The number of nitrogens with zero attached hydrogens (tertiary/aromatic N) is 3. The van der Waals surface area contributed by atoms with Gasteiger partial charge in [0.1, 0.15) is 11.3 Å². The topological polar surface area (TPSA) is 103 Å². The summed E-state index contributed by atoms with van der Waals surface area (Å²) in [5, 5.41) is 29.5. The van der Waals surface area contributed by atoms with Crippen molar-refractivity contribution in [3.8, 4) is 28.1 Å². The van der Waals surface area contributed by atoms with Crippen molar-refractivity contribution < 1.29 is 5.11 Å². The van der Waals surface area contributed by atoms with Crippen molar-refractivity contribution in [1.29, 1.82) is 0 Å². The van der Waals surface area contributed by atoms with E-state index in [9.17, 15) is 5.11 Å². The molecule has 1 aromatic carbocycles. The first-order chi connectivity index (χ1) is 13.3. The van der Waals surface area contributed by atoms with Crippen LogP contribution >= 0.6 is 0 Å². The predicted molar refractivity (Wildman–Crippen MR) is 103 cm³/mol. The molecule has 3 aromatic heterocycles. The Hall–Kier alpha value is -3.19. The fourth-order valence-electron chi connectivity index (χ4n) is 3.85. The highest BCUT2D eigenvalue weighted by Gasteiger charge is 2.20. The third kappa shape index (κ3) is 2.86. The van der Waals surface area contributed by atoms with Gasteiger partial charge in [-0.3, -0.25) is 5.10 Å². The fraction of sp³-hybridized carbons (Fsp3) is 0.250. The van der Waals surface area contributed by atoms with Crippen LogP contribution < -0.4 is 5.32 Å². The van der Waals surface area contributed by atoms with Crippen LogP contribution in [0.5, 0.6) is 5.75 Å². The third-order valence-electron chi connectivity index (χ3n) is 5.33. The number of aromatic nitrogens is 5. The van der Waals surface area contributed by atoms with Crippen LogP contribution in [0.2, 0.25) is 0 Å². The van der Waals surface area contributed by atoms with Gasteiger partial charge in [-0.25, -0.2) is 0 Å². The number of benzene rings is 1. The first kappa shape index (κ1) is 16.0. The zero-order valence-corrected chi connectivity index (χ0v) is 14.7. The van der Waals surface area contributed by atoms with Crippen LogP contribution in [0.25, 0.3) is 33.4 Å². The molecule has 27 heavy (non-hydrogen) atoms. The molecule has 4 N–H and O–H groups in total. The summed E-state index contributed by atoms with van der Waals surface area (Å²) in [6.07, 6.45) is 7.81. The molecule has 136 valence electrons. The molecule has 0 atom stereocenters. The Morgan fingerprint density at radius 1 is 1.00 bits per heavy atom. The maximum atomic E-state index is 10.5. The lowest BCUT2D eigenvalue weighted by atomic mass is 9.91.